The van der Waals surface area contributed by atoms with E-state index in [0.717, 1.165) is 28.7 Å². The first-order valence-electron chi connectivity index (χ1n) is 15.1. The van der Waals surface area contributed by atoms with E-state index in [1.807, 2.05) is 48.2 Å². The molecule has 6 N–H and O–H groups in total. The van der Waals surface area contributed by atoms with Gasteiger partial charge in [0.1, 0.15) is 11.7 Å². The molecular formula is C34H44FNO8. The standard InChI is InChI=1S/C25H33NO7.C9H11FO/c27-15-20(28)13-8-17-6-11-19(12-7-17)26-22(14-23(26)29)18-9-4-16(5-10-18)2-1-3-21(24(30)31)25(32)33;1-2-9(11)7-3-5-8(10)6-4-7/h4-7,9-11,19-22,24,27-28,30-31H,1-3,8,12-15H2,(H,32,33);3-6,9,11H,2H2,1H3. The van der Waals surface area contributed by atoms with Crippen molar-refractivity contribution < 1.29 is 44.6 Å². The Balaban J connectivity index is 0.000000404. The number of nitrogens with zero attached hydrogens (tertiary/aromatic N) is 1. The van der Waals surface area contributed by atoms with Crippen molar-refractivity contribution in [2.45, 2.75) is 88.9 Å². The normalized spacial score (nSPS) is 19.9. The highest BCUT2D eigenvalue weighted by atomic mass is 19.1. The van der Waals surface area contributed by atoms with Crippen LogP contribution in [0.2, 0.25) is 0 Å². The lowest BCUT2D eigenvalue weighted by Gasteiger charge is -2.45. The first-order chi connectivity index (χ1) is 21.0. The highest BCUT2D eigenvalue weighted by Crippen LogP contribution is 2.38. The maximum absolute atomic E-state index is 12.4. The van der Waals surface area contributed by atoms with Crippen LogP contribution in [0.5, 0.6) is 0 Å². The summed E-state index contributed by atoms with van der Waals surface area (Å²) in [5, 5.41) is 55.1. The number of benzene rings is 2. The number of likely N-dealkylation sites (tertiary alicyclic amines) is 1. The molecule has 5 unspecified atom stereocenters. The number of carboxylic acids is 1. The van der Waals surface area contributed by atoms with Gasteiger partial charge in [-0.3, -0.25) is 9.59 Å². The number of carboxylic acid groups (broad SMARTS) is 1. The molecule has 4 rings (SSSR count). The van der Waals surface area contributed by atoms with Gasteiger partial charge in [0, 0.05) is 0 Å². The van der Waals surface area contributed by atoms with Gasteiger partial charge in [-0.15, -0.1) is 0 Å². The van der Waals surface area contributed by atoms with Gasteiger partial charge in [-0.25, -0.2) is 4.39 Å². The van der Waals surface area contributed by atoms with Crippen LogP contribution in [0.15, 0.2) is 72.3 Å². The van der Waals surface area contributed by atoms with E-state index in [1.165, 1.54) is 12.1 Å². The molecule has 1 aliphatic heterocycles. The summed E-state index contributed by atoms with van der Waals surface area (Å²) in [5.41, 5.74) is 3.96. The summed E-state index contributed by atoms with van der Waals surface area (Å²) in [6, 6.07) is 13.9. The number of hydrogen-bond donors (Lipinski definition) is 6. The van der Waals surface area contributed by atoms with E-state index in [1.54, 1.807) is 12.1 Å². The van der Waals surface area contributed by atoms with Gasteiger partial charge in [0.05, 0.1) is 37.3 Å². The number of aryl methyl sites for hydroxylation is 1. The number of β-lactam (4-membered cyclic amide) rings is 1. The average molecular weight is 614 g/mol. The Labute approximate surface area is 257 Å². The number of allylic oxidation sites excluding steroid dienone is 2. The maximum Gasteiger partial charge on any atom is 0.311 e. The second-order valence-electron chi connectivity index (χ2n) is 11.3. The van der Waals surface area contributed by atoms with E-state index in [2.05, 4.69) is 6.08 Å². The molecule has 0 spiro atoms. The lowest BCUT2D eigenvalue weighted by atomic mass is 9.88. The molecule has 44 heavy (non-hydrogen) atoms. The van der Waals surface area contributed by atoms with Crippen molar-refractivity contribution in [3.8, 4) is 0 Å². The fourth-order valence-corrected chi connectivity index (χ4v) is 5.35. The highest BCUT2D eigenvalue weighted by molar-refractivity contribution is 5.84. The average Bonchev–Trinajstić information content (AvgIpc) is 3.01. The van der Waals surface area contributed by atoms with Crippen LogP contribution in [-0.4, -0.2) is 72.5 Å². The van der Waals surface area contributed by atoms with E-state index in [-0.39, 0.29) is 36.8 Å². The number of halogens is 1. The van der Waals surface area contributed by atoms with E-state index in [0.29, 0.717) is 38.5 Å². The smallest absolute Gasteiger partial charge is 0.311 e. The van der Waals surface area contributed by atoms with Crippen molar-refractivity contribution in [3.63, 3.8) is 0 Å². The lowest BCUT2D eigenvalue weighted by molar-refractivity contribution is -0.159. The van der Waals surface area contributed by atoms with E-state index < -0.39 is 30.4 Å². The zero-order valence-electron chi connectivity index (χ0n) is 25.0. The van der Waals surface area contributed by atoms with Crippen LogP contribution < -0.4 is 0 Å². The largest absolute Gasteiger partial charge is 0.481 e. The van der Waals surface area contributed by atoms with Crippen LogP contribution in [0.1, 0.15) is 80.7 Å². The molecule has 1 amide bonds. The monoisotopic (exact) mass is 613 g/mol. The highest BCUT2D eigenvalue weighted by Gasteiger charge is 2.40. The molecule has 240 valence electrons. The van der Waals surface area contributed by atoms with E-state index in [4.69, 9.17) is 20.4 Å². The molecule has 0 radical (unpaired) electrons. The lowest BCUT2D eigenvalue weighted by Crippen LogP contribution is -2.51. The van der Waals surface area contributed by atoms with Crippen LogP contribution in [0.3, 0.4) is 0 Å². The molecule has 2 aromatic carbocycles. The SMILES string of the molecule is CCC(O)c1ccc(F)cc1.O=C(O)C(CCCc1ccc(C2CC(=O)N2C2C=CC(CCC(O)CO)=CC2)cc1)C(O)O. The Morgan fingerprint density at radius 1 is 1.00 bits per heavy atom. The van der Waals surface area contributed by atoms with Crippen molar-refractivity contribution in [1.82, 2.24) is 4.90 Å². The van der Waals surface area contributed by atoms with Crippen LogP contribution in [0.25, 0.3) is 0 Å². The van der Waals surface area contributed by atoms with Gasteiger partial charge >= 0.3 is 5.97 Å². The first kappa shape index (κ1) is 35.1. The minimum Gasteiger partial charge on any atom is -0.481 e. The number of hydrogen-bond acceptors (Lipinski definition) is 7. The molecule has 10 heteroatoms. The summed E-state index contributed by atoms with van der Waals surface area (Å²) in [7, 11) is 0. The molecule has 1 heterocycles. The van der Waals surface area contributed by atoms with Gasteiger partial charge in [-0.1, -0.05) is 67.1 Å². The molecule has 0 saturated carbocycles. The molecule has 5 atom stereocenters. The van der Waals surface area contributed by atoms with Gasteiger partial charge in [-0.05, 0) is 73.8 Å². The van der Waals surface area contributed by atoms with Gasteiger partial charge in [0.15, 0.2) is 6.29 Å². The number of rotatable bonds is 14. The predicted molar refractivity (Wildman–Crippen MR) is 163 cm³/mol. The molecular weight excluding hydrogens is 569 g/mol. The van der Waals surface area contributed by atoms with Crippen LogP contribution >= 0.6 is 0 Å². The number of aliphatic carboxylic acids is 1. The minimum atomic E-state index is -1.86. The summed E-state index contributed by atoms with van der Waals surface area (Å²) in [4.78, 5) is 25.3. The number of aliphatic hydroxyl groups is 5. The van der Waals surface area contributed by atoms with Gasteiger partial charge < -0.3 is 35.5 Å². The second kappa shape index (κ2) is 17.2. The zero-order chi connectivity index (χ0) is 32.2. The third-order valence-corrected chi connectivity index (χ3v) is 8.14. The third kappa shape index (κ3) is 10.1. The molecule has 1 aliphatic carbocycles. The van der Waals surface area contributed by atoms with Gasteiger partial charge in [-0.2, -0.15) is 0 Å². The topological polar surface area (TPSA) is 159 Å². The molecule has 9 nitrogen and oxygen atoms in total. The minimum absolute atomic E-state index is 0.000281. The van der Waals surface area contributed by atoms with Crippen LogP contribution in [0, 0.1) is 11.7 Å². The molecule has 2 aromatic rings. The summed E-state index contributed by atoms with van der Waals surface area (Å²) in [6.45, 7) is 1.64. The molecule has 0 bridgehead atoms. The third-order valence-electron chi connectivity index (χ3n) is 8.14. The molecule has 1 saturated heterocycles. The second-order valence-corrected chi connectivity index (χ2v) is 11.3. The van der Waals surface area contributed by atoms with Crippen molar-refractivity contribution >= 4 is 11.9 Å². The van der Waals surface area contributed by atoms with Gasteiger partial charge in [0.25, 0.3) is 0 Å². The van der Waals surface area contributed by atoms with E-state index >= 15 is 0 Å². The number of carbonyl (C=O) groups is 2. The van der Waals surface area contributed by atoms with Crippen molar-refractivity contribution in [2.24, 2.45) is 5.92 Å². The quantitative estimate of drug-likeness (QED) is 0.138. The summed E-state index contributed by atoms with van der Waals surface area (Å²) >= 11 is 0. The summed E-state index contributed by atoms with van der Waals surface area (Å²) in [5.74, 6) is -2.54. The summed E-state index contributed by atoms with van der Waals surface area (Å²) < 4.78 is 12.4. The number of aliphatic hydroxyl groups excluding tert-OH is 4. The fraction of sp³-hybridized carbons (Fsp3) is 0.471. The fourth-order valence-electron chi connectivity index (χ4n) is 5.35. The number of amides is 1. The molecule has 0 aromatic heterocycles. The molecule has 1 fully saturated rings. The zero-order valence-corrected chi connectivity index (χ0v) is 25.0. The van der Waals surface area contributed by atoms with Crippen molar-refractivity contribution in [1.29, 1.82) is 0 Å². The summed E-state index contributed by atoms with van der Waals surface area (Å²) in [6.07, 6.45) is 7.48. The predicted octanol–water partition coefficient (Wildman–Crippen LogP) is 3.95. The molecule has 2 aliphatic rings. The number of carbonyl (C=O) groups excluding carboxylic acids is 1. The van der Waals surface area contributed by atoms with Crippen molar-refractivity contribution in [3.05, 3.63) is 94.8 Å². The Morgan fingerprint density at radius 2 is 1.68 bits per heavy atom. The Morgan fingerprint density at radius 3 is 2.20 bits per heavy atom. The van der Waals surface area contributed by atoms with Gasteiger partial charge in [0.2, 0.25) is 5.91 Å². The van der Waals surface area contributed by atoms with E-state index in [9.17, 15) is 24.2 Å². The Hall–Kier alpha value is -3.41. The Bertz CT molecular complexity index is 1260. The van der Waals surface area contributed by atoms with Crippen molar-refractivity contribution in [2.75, 3.05) is 6.61 Å². The maximum atomic E-state index is 12.4. The van der Waals surface area contributed by atoms with Crippen LogP contribution in [0.4, 0.5) is 4.39 Å². The Kier molecular flexibility index (Phi) is 13.7. The van der Waals surface area contributed by atoms with Crippen LogP contribution in [-0.2, 0) is 16.0 Å². The first-order valence-corrected chi connectivity index (χ1v) is 15.1.